The van der Waals surface area contributed by atoms with Gasteiger partial charge in [-0.3, -0.25) is 9.69 Å². The average molecular weight is 577 g/mol. The third-order valence-electron chi connectivity index (χ3n) is 8.88. The minimum Gasteiger partial charge on any atom is -0.454 e. The van der Waals surface area contributed by atoms with E-state index in [0.29, 0.717) is 25.9 Å². The number of hydrogen-bond donors (Lipinski definition) is 0. The highest BCUT2D eigenvalue weighted by molar-refractivity contribution is 5.91. The van der Waals surface area contributed by atoms with Gasteiger partial charge in [-0.2, -0.15) is 13.2 Å². The number of carbonyl (C=O) groups excluding carboxylic acids is 2. The standard InChI is InChI=1S/C31H33F5N2O3/c32-24-17-21(18-25(33)19-24)5-6-28(39)38-13-8-23(9-14-38)27(41-29(40)31(34,35)36)20-37-15-11-30(12-16-37)10-7-22-3-1-2-4-26(22)30/h1-6,17-19,23,27H,7-16,20H2/b6-5+. The number of benzene rings is 2. The molecular weight excluding hydrogens is 543 g/mol. The van der Waals surface area contributed by atoms with Gasteiger partial charge in [-0.05, 0) is 91.9 Å². The number of fused-ring (bicyclic) bond motifs is 2. The number of piperidine rings is 2. The zero-order valence-electron chi connectivity index (χ0n) is 22.6. The van der Waals surface area contributed by atoms with Crippen LogP contribution in [0, 0.1) is 17.6 Å². The third kappa shape index (κ3) is 6.80. The zero-order valence-corrected chi connectivity index (χ0v) is 22.6. The van der Waals surface area contributed by atoms with Gasteiger partial charge in [-0.1, -0.05) is 24.3 Å². The summed E-state index contributed by atoms with van der Waals surface area (Å²) in [4.78, 5) is 28.1. The summed E-state index contributed by atoms with van der Waals surface area (Å²) in [5.74, 6) is -4.40. The Balaban J connectivity index is 1.20. The molecule has 1 unspecified atom stereocenters. The molecule has 10 heteroatoms. The van der Waals surface area contributed by atoms with Gasteiger partial charge in [-0.15, -0.1) is 0 Å². The van der Waals surface area contributed by atoms with Crippen molar-refractivity contribution in [2.75, 3.05) is 32.7 Å². The first kappa shape index (κ1) is 29.2. The number of amides is 1. The van der Waals surface area contributed by atoms with Gasteiger partial charge in [0.15, 0.2) is 0 Å². The summed E-state index contributed by atoms with van der Waals surface area (Å²) in [5, 5.41) is 0. The number of nitrogens with zero attached hydrogens (tertiary/aromatic N) is 2. The van der Waals surface area contributed by atoms with Gasteiger partial charge in [-0.25, -0.2) is 13.6 Å². The molecule has 1 aliphatic carbocycles. The number of alkyl halides is 3. The lowest BCUT2D eigenvalue weighted by Gasteiger charge is -2.43. The molecule has 3 aliphatic rings. The van der Waals surface area contributed by atoms with Crippen molar-refractivity contribution in [2.24, 2.45) is 5.92 Å². The van der Waals surface area contributed by atoms with Crippen LogP contribution in [0.2, 0.25) is 0 Å². The van der Waals surface area contributed by atoms with Crippen LogP contribution in [0.4, 0.5) is 22.0 Å². The fourth-order valence-electron chi connectivity index (χ4n) is 6.62. The van der Waals surface area contributed by atoms with Crippen molar-refractivity contribution < 1.29 is 36.3 Å². The number of hydrogen-bond acceptors (Lipinski definition) is 4. The summed E-state index contributed by atoms with van der Waals surface area (Å²) in [6.45, 7) is 2.16. The van der Waals surface area contributed by atoms with E-state index in [9.17, 15) is 31.5 Å². The predicted octanol–water partition coefficient (Wildman–Crippen LogP) is 5.67. The van der Waals surface area contributed by atoms with Gasteiger partial charge in [0.05, 0.1) is 0 Å². The Kier molecular flexibility index (Phi) is 8.50. The second-order valence-corrected chi connectivity index (χ2v) is 11.4. The second-order valence-electron chi connectivity index (χ2n) is 11.4. The molecule has 1 spiro atoms. The van der Waals surface area contributed by atoms with Crippen LogP contribution in [0.3, 0.4) is 0 Å². The number of rotatable bonds is 6. The fraction of sp³-hybridized carbons (Fsp3) is 0.484. The number of ether oxygens (including phenoxy) is 1. The third-order valence-corrected chi connectivity index (χ3v) is 8.88. The molecule has 0 radical (unpaired) electrons. The molecule has 2 heterocycles. The first-order valence-electron chi connectivity index (χ1n) is 14.0. The van der Waals surface area contributed by atoms with Crippen LogP contribution in [0.1, 0.15) is 48.8 Å². The monoisotopic (exact) mass is 576 g/mol. The van der Waals surface area contributed by atoms with E-state index in [1.54, 1.807) is 0 Å². The summed E-state index contributed by atoms with van der Waals surface area (Å²) >= 11 is 0. The first-order valence-corrected chi connectivity index (χ1v) is 14.0. The van der Waals surface area contributed by atoms with E-state index in [0.717, 1.165) is 43.9 Å². The van der Waals surface area contributed by atoms with Gasteiger partial charge in [0.2, 0.25) is 5.91 Å². The van der Waals surface area contributed by atoms with Crippen LogP contribution >= 0.6 is 0 Å². The highest BCUT2D eigenvalue weighted by Crippen LogP contribution is 2.46. The quantitative estimate of drug-likeness (QED) is 0.253. The number of halogens is 5. The van der Waals surface area contributed by atoms with Crippen LogP contribution in [-0.2, 0) is 26.2 Å². The van der Waals surface area contributed by atoms with Gasteiger partial charge in [0.1, 0.15) is 17.7 Å². The normalized spacial score (nSPS) is 20.4. The van der Waals surface area contributed by atoms with Crippen molar-refractivity contribution in [3.63, 3.8) is 0 Å². The van der Waals surface area contributed by atoms with Crippen LogP contribution < -0.4 is 0 Å². The Hall–Kier alpha value is -3.27. The maximum atomic E-state index is 13.4. The van der Waals surface area contributed by atoms with E-state index in [1.165, 1.54) is 28.2 Å². The molecule has 0 aromatic heterocycles. The van der Waals surface area contributed by atoms with Crippen LogP contribution in [-0.4, -0.2) is 66.7 Å². The van der Waals surface area contributed by atoms with Crippen molar-refractivity contribution in [1.82, 2.24) is 9.80 Å². The molecular formula is C31H33F5N2O3. The molecule has 2 aliphatic heterocycles. The number of likely N-dealkylation sites (tertiary alicyclic amines) is 2. The predicted molar refractivity (Wildman–Crippen MR) is 143 cm³/mol. The summed E-state index contributed by atoms with van der Waals surface area (Å²) < 4.78 is 71.3. The molecule has 2 fully saturated rings. The maximum Gasteiger partial charge on any atom is 0.490 e. The molecule has 2 aromatic carbocycles. The summed E-state index contributed by atoms with van der Waals surface area (Å²) in [6.07, 6.45) is 1.16. The van der Waals surface area contributed by atoms with Crippen LogP contribution in [0.25, 0.3) is 6.08 Å². The molecule has 41 heavy (non-hydrogen) atoms. The van der Waals surface area contributed by atoms with E-state index in [1.807, 2.05) is 6.07 Å². The first-order chi connectivity index (χ1) is 19.5. The van der Waals surface area contributed by atoms with E-state index < -0.39 is 29.9 Å². The van der Waals surface area contributed by atoms with E-state index in [2.05, 4.69) is 23.1 Å². The minimum absolute atomic E-state index is 0.0990. The largest absolute Gasteiger partial charge is 0.490 e. The van der Waals surface area contributed by atoms with Gasteiger partial charge < -0.3 is 9.64 Å². The number of esters is 1. The maximum absolute atomic E-state index is 13.4. The fourth-order valence-corrected chi connectivity index (χ4v) is 6.62. The van der Waals surface area contributed by atoms with Crippen LogP contribution in [0.5, 0.6) is 0 Å². The van der Waals surface area contributed by atoms with E-state index in [-0.39, 0.29) is 42.4 Å². The molecule has 1 amide bonds. The van der Waals surface area contributed by atoms with Crippen LogP contribution in [0.15, 0.2) is 48.5 Å². The highest BCUT2D eigenvalue weighted by Gasteiger charge is 2.45. The van der Waals surface area contributed by atoms with E-state index >= 15 is 0 Å². The summed E-state index contributed by atoms with van der Waals surface area (Å²) in [7, 11) is 0. The molecule has 0 bridgehead atoms. The SMILES string of the molecule is O=C(/C=C/c1cc(F)cc(F)c1)N1CCC(C(CN2CCC3(CCc4ccccc43)CC2)OC(=O)C(F)(F)F)CC1. The molecule has 5 nitrogen and oxygen atoms in total. The van der Waals surface area contributed by atoms with E-state index in [4.69, 9.17) is 4.74 Å². The van der Waals surface area contributed by atoms with Crippen molar-refractivity contribution in [1.29, 1.82) is 0 Å². The molecule has 2 aromatic rings. The Bertz CT molecular complexity index is 1270. The smallest absolute Gasteiger partial charge is 0.454 e. The Morgan fingerprint density at radius 3 is 2.29 bits per heavy atom. The molecule has 220 valence electrons. The average Bonchev–Trinajstić information content (AvgIpc) is 3.29. The summed E-state index contributed by atoms with van der Waals surface area (Å²) in [6, 6.07) is 11.4. The van der Waals surface area contributed by atoms with Crippen molar-refractivity contribution >= 4 is 18.0 Å². The van der Waals surface area contributed by atoms with Crippen molar-refractivity contribution in [2.45, 2.75) is 56.2 Å². The lowest BCUT2D eigenvalue weighted by molar-refractivity contribution is -0.208. The molecule has 1 atom stereocenters. The van der Waals surface area contributed by atoms with Crippen molar-refractivity contribution in [3.8, 4) is 0 Å². The molecule has 0 N–H and O–H groups in total. The lowest BCUT2D eigenvalue weighted by Crippen LogP contribution is -2.49. The summed E-state index contributed by atoms with van der Waals surface area (Å²) in [5.41, 5.74) is 3.06. The van der Waals surface area contributed by atoms with Gasteiger partial charge in [0, 0.05) is 37.7 Å². The highest BCUT2D eigenvalue weighted by atomic mass is 19.4. The Labute approximate surface area is 235 Å². The van der Waals surface area contributed by atoms with Gasteiger partial charge >= 0.3 is 12.1 Å². The Morgan fingerprint density at radius 1 is 0.976 bits per heavy atom. The second kappa shape index (κ2) is 11.9. The molecule has 2 saturated heterocycles. The minimum atomic E-state index is -5.09. The number of aryl methyl sites for hydroxylation is 1. The molecule has 5 rings (SSSR count). The molecule has 0 saturated carbocycles. The van der Waals surface area contributed by atoms with Gasteiger partial charge in [0.25, 0.3) is 0 Å². The topological polar surface area (TPSA) is 49.9 Å². The Morgan fingerprint density at radius 2 is 1.63 bits per heavy atom. The zero-order chi connectivity index (χ0) is 29.2. The lowest BCUT2D eigenvalue weighted by atomic mass is 9.73. The number of carbonyl (C=O) groups is 2. The van der Waals surface area contributed by atoms with Crippen molar-refractivity contribution in [3.05, 3.63) is 76.9 Å².